The highest BCUT2D eigenvalue weighted by Crippen LogP contribution is 2.20. The fraction of sp³-hybridized carbons (Fsp3) is 0.0667. The Balaban J connectivity index is 1.95. The quantitative estimate of drug-likeness (QED) is 0.477. The normalized spacial score (nSPS) is 11.5. The second-order valence-electron chi connectivity index (χ2n) is 4.87. The highest BCUT2D eigenvalue weighted by molar-refractivity contribution is 5.94. The van der Waals surface area contributed by atoms with Gasteiger partial charge in [-0.15, -0.1) is 10.2 Å². The van der Waals surface area contributed by atoms with Crippen molar-refractivity contribution in [3.63, 3.8) is 0 Å². The molecule has 0 bridgehead atoms. The van der Waals surface area contributed by atoms with Crippen LogP contribution in [-0.2, 0) is 0 Å². The Morgan fingerprint density at radius 3 is 2.38 bits per heavy atom. The van der Waals surface area contributed by atoms with E-state index in [-0.39, 0.29) is 11.9 Å². The average molecular weight is 324 g/mol. The van der Waals surface area contributed by atoms with Crippen LogP contribution in [-0.4, -0.2) is 34.0 Å². The number of nitrogens with two attached hydrogens (primary N) is 3. The molecule has 0 amide bonds. The summed E-state index contributed by atoms with van der Waals surface area (Å²) in [6.07, 6.45) is 0. The standard InChI is InChI=1S/C15H16N8O/c1-24-11-5-3-10(4-6-11)23-21-12-7-2-9(8-13(12)22-23)19-15(18)20-14(16)17/h2-8H,1H3,(H6,16,17,18,19,20). The molecule has 2 aromatic carbocycles. The van der Waals surface area contributed by atoms with E-state index < -0.39 is 0 Å². The average Bonchev–Trinajstić information content (AvgIpc) is 2.97. The van der Waals surface area contributed by atoms with Crippen LogP contribution in [0.4, 0.5) is 5.69 Å². The van der Waals surface area contributed by atoms with Crippen LogP contribution >= 0.6 is 0 Å². The number of rotatable bonds is 3. The maximum atomic E-state index is 5.62. The Morgan fingerprint density at radius 1 is 1.00 bits per heavy atom. The first-order chi connectivity index (χ1) is 11.5. The van der Waals surface area contributed by atoms with Gasteiger partial charge in [-0.1, -0.05) is 0 Å². The van der Waals surface area contributed by atoms with Gasteiger partial charge in [-0.25, -0.2) is 4.99 Å². The van der Waals surface area contributed by atoms with Crippen molar-refractivity contribution in [3.8, 4) is 11.4 Å². The van der Waals surface area contributed by atoms with Gasteiger partial charge in [0, 0.05) is 0 Å². The number of aliphatic imine (C=N–C) groups is 2. The van der Waals surface area contributed by atoms with Gasteiger partial charge in [-0.05, 0) is 42.5 Å². The molecule has 1 aromatic heterocycles. The molecule has 0 spiro atoms. The Bertz CT molecular complexity index is 922. The minimum atomic E-state index is -0.150. The van der Waals surface area contributed by atoms with Gasteiger partial charge in [0.2, 0.25) is 5.96 Å². The third-order valence-electron chi connectivity index (χ3n) is 3.15. The van der Waals surface area contributed by atoms with Crippen molar-refractivity contribution in [1.29, 1.82) is 0 Å². The van der Waals surface area contributed by atoms with Crippen molar-refractivity contribution in [2.45, 2.75) is 0 Å². The molecule has 0 saturated carbocycles. The maximum Gasteiger partial charge on any atom is 0.223 e. The molecule has 0 aliphatic heterocycles. The fourth-order valence-corrected chi connectivity index (χ4v) is 2.09. The molecule has 0 aliphatic carbocycles. The van der Waals surface area contributed by atoms with E-state index in [1.165, 1.54) is 4.80 Å². The molecule has 122 valence electrons. The van der Waals surface area contributed by atoms with Crippen molar-refractivity contribution in [1.82, 2.24) is 15.0 Å². The molecule has 0 unspecified atom stereocenters. The first kappa shape index (κ1) is 15.3. The van der Waals surface area contributed by atoms with Crippen LogP contribution < -0.4 is 21.9 Å². The van der Waals surface area contributed by atoms with E-state index in [4.69, 9.17) is 21.9 Å². The molecule has 0 saturated heterocycles. The number of hydrogen-bond acceptors (Lipinski definition) is 4. The Kier molecular flexibility index (Phi) is 3.98. The van der Waals surface area contributed by atoms with Gasteiger partial charge in [0.05, 0.1) is 18.5 Å². The van der Waals surface area contributed by atoms with Crippen LogP contribution in [0.15, 0.2) is 52.4 Å². The zero-order chi connectivity index (χ0) is 17.1. The van der Waals surface area contributed by atoms with Crippen molar-refractivity contribution in [3.05, 3.63) is 42.5 Å². The third-order valence-corrected chi connectivity index (χ3v) is 3.15. The highest BCUT2D eigenvalue weighted by atomic mass is 16.5. The van der Waals surface area contributed by atoms with E-state index >= 15 is 0 Å². The van der Waals surface area contributed by atoms with Gasteiger partial charge in [-0.2, -0.15) is 9.79 Å². The number of aromatic nitrogens is 3. The second kappa shape index (κ2) is 6.24. The zero-order valence-corrected chi connectivity index (χ0v) is 12.9. The van der Waals surface area contributed by atoms with Crippen molar-refractivity contribution in [2.75, 3.05) is 7.11 Å². The van der Waals surface area contributed by atoms with Crippen LogP contribution in [0.3, 0.4) is 0 Å². The molecule has 9 heteroatoms. The number of fused-ring (bicyclic) bond motifs is 1. The molecule has 3 rings (SSSR count). The number of hydrogen-bond donors (Lipinski definition) is 3. The number of nitrogens with zero attached hydrogens (tertiary/aromatic N) is 5. The second-order valence-corrected chi connectivity index (χ2v) is 4.87. The molecule has 3 aromatic rings. The largest absolute Gasteiger partial charge is 0.497 e. The predicted molar refractivity (Wildman–Crippen MR) is 92.5 cm³/mol. The van der Waals surface area contributed by atoms with Crippen molar-refractivity contribution >= 4 is 28.6 Å². The van der Waals surface area contributed by atoms with Crippen LogP contribution in [0.5, 0.6) is 5.75 Å². The number of guanidine groups is 2. The summed E-state index contributed by atoms with van der Waals surface area (Å²) in [6.45, 7) is 0. The molecule has 0 atom stereocenters. The monoisotopic (exact) mass is 324 g/mol. The van der Waals surface area contributed by atoms with E-state index in [9.17, 15) is 0 Å². The fourth-order valence-electron chi connectivity index (χ4n) is 2.09. The van der Waals surface area contributed by atoms with E-state index in [0.717, 1.165) is 17.0 Å². The van der Waals surface area contributed by atoms with Crippen molar-refractivity contribution < 1.29 is 4.74 Å². The molecule has 0 fully saturated rings. The number of ether oxygens (including phenoxy) is 1. The minimum Gasteiger partial charge on any atom is -0.497 e. The highest BCUT2D eigenvalue weighted by Gasteiger charge is 2.06. The predicted octanol–water partition coefficient (Wildman–Crippen LogP) is 0.649. The summed E-state index contributed by atoms with van der Waals surface area (Å²) in [5.41, 5.74) is 18.9. The summed E-state index contributed by atoms with van der Waals surface area (Å²) >= 11 is 0. The summed E-state index contributed by atoms with van der Waals surface area (Å²) in [5.74, 6) is 0.585. The lowest BCUT2D eigenvalue weighted by Gasteiger charge is -2.01. The first-order valence-corrected chi connectivity index (χ1v) is 7.00. The van der Waals surface area contributed by atoms with E-state index in [1.807, 2.05) is 24.3 Å². The molecular weight excluding hydrogens is 308 g/mol. The Labute approximate surface area is 137 Å². The van der Waals surface area contributed by atoms with Gasteiger partial charge in [0.1, 0.15) is 16.8 Å². The smallest absolute Gasteiger partial charge is 0.223 e. The van der Waals surface area contributed by atoms with Gasteiger partial charge < -0.3 is 21.9 Å². The number of benzene rings is 2. The lowest BCUT2D eigenvalue weighted by molar-refractivity contribution is 0.414. The van der Waals surface area contributed by atoms with Gasteiger partial charge in [0.15, 0.2) is 5.96 Å². The van der Waals surface area contributed by atoms with Gasteiger partial charge >= 0.3 is 0 Å². The molecule has 9 nitrogen and oxygen atoms in total. The molecule has 6 N–H and O–H groups in total. The van der Waals surface area contributed by atoms with E-state index in [1.54, 1.807) is 25.3 Å². The van der Waals surface area contributed by atoms with E-state index in [0.29, 0.717) is 11.2 Å². The summed E-state index contributed by atoms with van der Waals surface area (Å²) in [6, 6.07) is 12.7. The number of methoxy groups -OCH3 is 1. The SMILES string of the molecule is COc1ccc(-n2nc3ccc(N=C(N)N=C(N)N)cc3n2)cc1. The van der Waals surface area contributed by atoms with Crippen LogP contribution in [0.2, 0.25) is 0 Å². The summed E-state index contributed by atoms with van der Waals surface area (Å²) in [5, 5.41) is 8.86. The van der Waals surface area contributed by atoms with E-state index in [2.05, 4.69) is 20.2 Å². The molecule has 24 heavy (non-hydrogen) atoms. The lowest BCUT2D eigenvalue weighted by Crippen LogP contribution is -2.26. The van der Waals surface area contributed by atoms with Crippen LogP contribution in [0, 0.1) is 0 Å². The topological polar surface area (TPSA) is 143 Å². The molecule has 1 heterocycles. The van der Waals surface area contributed by atoms with Crippen LogP contribution in [0.25, 0.3) is 16.7 Å². The lowest BCUT2D eigenvalue weighted by atomic mass is 10.3. The maximum absolute atomic E-state index is 5.62. The van der Waals surface area contributed by atoms with Gasteiger partial charge in [-0.3, -0.25) is 0 Å². The molecular formula is C15H16N8O. The summed E-state index contributed by atoms with van der Waals surface area (Å²) in [7, 11) is 1.62. The summed E-state index contributed by atoms with van der Waals surface area (Å²) in [4.78, 5) is 9.31. The Morgan fingerprint density at radius 2 is 1.71 bits per heavy atom. The Hall–Kier alpha value is -3.62. The summed E-state index contributed by atoms with van der Waals surface area (Å²) < 4.78 is 5.14. The first-order valence-electron chi connectivity index (χ1n) is 7.00. The van der Waals surface area contributed by atoms with Gasteiger partial charge in [0.25, 0.3) is 0 Å². The zero-order valence-electron chi connectivity index (χ0n) is 12.9. The molecule has 0 aliphatic rings. The van der Waals surface area contributed by atoms with Crippen molar-refractivity contribution in [2.24, 2.45) is 27.2 Å². The van der Waals surface area contributed by atoms with Crippen LogP contribution in [0.1, 0.15) is 0 Å². The minimum absolute atomic E-state index is 0.0307. The molecule has 0 radical (unpaired) electrons. The third kappa shape index (κ3) is 3.24.